The van der Waals surface area contributed by atoms with Crippen LogP contribution in [0.2, 0.25) is 0 Å². The van der Waals surface area contributed by atoms with E-state index in [4.69, 9.17) is 4.74 Å². The Morgan fingerprint density at radius 2 is 2.22 bits per heavy atom. The highest BCUT2D eigenvalue weighted by molar-refractivity contribution is 5.78. The fourth-order valence-corrected chi connectivity index (χ4v) is 2.88. The fourth-order valence-electron chi connectivity index (χ4n) is 2.88. The number of aromatic nitrogens is 3. The van der Waals surface area contributed by atoms with Crippen LogP contribution >= 0.6 is 0 Å². The van der Waals surface area contributed by atoms with Gasteiger partial charge in [-0.25, -0.2) is 0 Å². The average molecular weight is 314 g/mol. The van der Waals surface area contributed by atoms with Crippen molar-refractivity contribution in [2.45, 2.75) is 26.4 Å². The highest BCUT2D eigenvalue weighted by Gasteiger charge is 2.25. The van der Waals surface area contributed by atoms with Crippen LogP contribution in [0, 0.1) is 5.92 Å². The Kier molecular flexibility index (Phi) is 5.02. The number of pyridine rings is 1. The third kappa shape index (κ3) is 3.96. The highest BCUT2D eigenvalue weighted by atomic mass is 16.5. The van der Waals surface area contributed by atoms with Gasteiger partial charge in [-0.15, -0.1) is 0 Å². The second kappa shape index (κ2) is 7.37. The number of hydrogen-bond acceptors (Lipinski definition) is 4. The number of carbonyl (C=O) groups excluding carboxylic acids is 1. The van der Waals surface area contributed by atoms with E-state index in [-0.39, 0.29) is 11.8 Å². The van der Waals surface area contributed by atoms with E-state index in [2.05, 4.69) is 10.1 Å². The van der Waals surface area contributed by atoms with E-state index in [9.17, 15) is 4.79 Å². The van der Waals surface area contributed by atoms with Gasteiger partial charge in [0.1, 0.15) is 0 Å². The van der Waals surface area contributed by atoms with Crippen molar-refractivity contribution in [1.82, 2.24) is 19.7 Å². The Morgan fingerprint density at radius 3 is 3.00 bits per heavy atom. The SMILES string of the molecule is CCOCC1CN(C(=O)Cc2ccccn2)Cc2ccnn2C1. The number of nitrogens with zero attached hydrogens (tertiary/aromatic N) is 4. The van der Waals surface area contributed by atoms with E-state index < -0.39 is 0 Å². The molecule has 0 spiro atoms. The molecule has 0 radical (unpaired) electrons. The summed E-state index contributed by atoms with van der Waals surface area (Å²) in [5, 5.41) is 4.36. The molecule has 0 saturated heterocycles. The Balaban J connectivity index is 1.73. The van der Waals surface area contributed by atoms with Crippen molar-refractivity contribution in [3.8, 4) is 0 Å². The lowest BCUT2D eigenvalue weighted by atomic mass is 10.1. The third-order valence-corrected chi connectivity index (χ3v) is 4.04. The van der Waals surface area contributed by atoms with Gasteiger partial charge >= 0.3 is 0 Å². The summed E-state index contributed by atoms with van der Waals surface area (Å²) in [6.45, 7) is 5.38. The predicted octanol–water partition coefficient (Wildman–Crippen LogP) is 1.52. The first-order chi connectivity index (χ1) is 11.3. The second-order valence-corrected chi connectivity index (χ2v) is 5.80. The summed E-state index contributed by atoms with van der Waals surface area (Å²) in [7, 11) is 0. The van der Waals surface area contributed by atoms with Crippen LogP contribution in [0.5, 0.6) is 0 Å². The van der Waals surface area contributed by atoms with Gasteiger partial charge in [-0.05, 0) is 25.1 Å². The van der Waals surface area contributed by atoms with E-state index in [1.54, 1.807) is 12.4 Å². The van der Waals surface area contributed by atoms with Crippen molar-refractivity contribution in [3.05, 3.63) is 48.0 Å². The maximum atomic E-state index is 12.7. The number of amides is 1. The molecule has 0 fully saturated rings. The summed E-state index contributed by atoms with van der Waals surface area (Å²) in [6, 6.07) is 7.63. The van der Waals surface area contributed by atoms with Gasteiger partial charge in [0.2, 0.25) is 5.91 Å². The summed E-state index contributed by atoms with van der Waals surface area (Å²) in [5.74, 6) is 0.351. The molecule has 1 aliphatic heterocycles. The number of fused-ring (bicyclic) bond motifs is 1. The monoisotopic (exact) mass is 314 g/mol. The molecule has 2 aromatic heterocycles. The lowest BCUT2D eigenvalue weighted by Gasteiger charge is -2.24. The number of hydrogen-bond donors (Lipinski definition) is 0. The molecule has 1 amide bonds. The Bertz CT molecular complexity index is 641. The van der Waals surface area contributed by atoms with Crippen molar-refractivity contribution in [2.24, 2.45) is 5.92 Å². The van der Waals surface area contributed by atoms with Gasteiger partial charge in [-0.2, -0.15) is 5.10 Å². The van der Waals surface area contributed by atoms with Gasteiger partial charge < -0.3 is 9.64 Å². The van der Waals surface area contributed by atoms with Crippen LogP contribution in [0.15, 0.2) is 36.7 Å². The topological polar surface area (TPSA) is 60.2 Å². The van der Waals surface area contributed by atoms with Crippen LogP contribution in [0.4, 0.5) is 0 Å². The first-order valence-corrected chi connectivity index (χ1v) is 8.02. The number of carbonyl (C=O) groups is 1. The molecule has 1 unspecified atom stereocenters. The zero-order valence-corrected chi connectivity index (χ0v) is 13.4. The van der Waals surface area contributed by atoms with Gasteiger partial charge in [-0.1, -0.05) is 6.07 Å². The van der Waals surface area contributed by atoms with Crippen LogP contribution in [-0.2, 0) is 29.0 Å². The van der Waals surface area contributed by atoms with Crippen molar-refractivity contribution in [2.75, 3.05) is 19.8 Å². The molecule has 3 heterocycles. The maximum absolute atomic E-state index is 12.7. The summed E-state index contributed by atoms with van der Waals surface area (Å²) in [4.78, 5) is 18.8. The highest BCUT2D eigenvalue weighted by Crippen LogP contribution is 2.17. The first kappa shape index (κ1) is 15.7. The largest absolute Gasteiger partial charge is 0.381 e. The van der Waals surface area contributed by atoms with E-state index in [0.717, 1.165) is 17.9 Å². The van der Waals surface area contributed by atoms with Crippen LogP contribution in [0.3, 0.4) is 0 Å². The molecule has 0 bridgehead atoms. The van der Waals surface area contributed by atoms with Crippen molar-refractivity contribution < 1.29 is 9.53 Å². The quantitative estimate of drug-likeness (QED) is 0.839. The van der Waals surface area contributed by atoms with Crippen LogP contribution in [-0.4, -0.2) is 45.3 Å². The molecular weight excluding hydrogens is 292 g/mol. The molecule has 2 aromatic rings. The Labute approximate surface area is 136 Å². The molecule has 3 rings (SSSR count). The minimum Gasteiger partial charge on any atom is -0.381 e. The lowest BCUT2D eigenvalue weighted by Crippen LogP contribution is -2.36. The zero-order chi connectivity index (χ0) is 16.1. The van der Waals surface area contributed by atoms with E-state index in [1.807, 2.05) is 40.8 Å². The molecule has 1 atom stereocenters. The van der Waals surface area contributed by atoms with Crippen LogP contribution in [0.25, 0.3) is 0 Å². The standard InChI is InChI=1S/C17H22N4O2/c1-2-23-13-14-10-20(12-16-6-8-19-21(16)11-14)17(22)9-15-5-3-4-7-18-15/h3-8,14H,2,9-13H2,1H3. The zero-order valence-electron chi connectivity index (χ0n) is 13.4. The number of rotatable bonds is 5. The summed E-state index contributed by atoms with van der Waals surface area (Å²) in [6.07, 6.45) is 3.84. The smallest absolute Gasteiger partial charge is 0.228 e. The van der Waals surface area contributed by atoms with Crippen molar-refractivity contribution in [3.63, 3.8) is 0 Å². The second-order valence-electron chi connectivity index (χ2n) is 5.80. The lowest BCUT2D eigenvalue weighted by molar-refractivity contribution is -0.132. The average Bonchev–Trinajstić information content (AvgIpc) is 2.92. The van der Waals surface area contributed by atoms with Crippen molar-refractivity contribution >= 4 is 5.91 Å². The van der Waals surface area contributed by atoms with Gasteiger partial charge in [0.05, 0.1) is 25.3 Å². The molecule has 23 heavy (non-hydrogen) atoms. The summed E-state index contributed by atoms with van der Waals surface area (Å²) >= 11 is 0. The summed E-state index contributed by atoms with van der Waals surface area (Å²) in [5.41, 5.74) is 1.87. The molecule has 0 aromatic carbocycles. The molecule has 1 aliphatic rings. The van der Waals surface area contributed by atoms with E-state index >= 15 is 0 Å². The van der Waals surface area contributed by atoms with Gasteiger partial charge in [0.15, 0.2) is 0 Å². The fraction of sp³-hybridized carbons (Fsp3) is 0.471. The predicted molar refractivity (Wildman–Crippen MR) is 85.6 cm³/mol. The third-order valence-electron chi connectivity index (χ3n) is 4.04. The first-order valence-electron chi connectivity index (χ1n) is 8.02. The summed E-state index contributed by atoms with van der Waals surface area (Å²) < 4.78 is 7.56. The normalized spacial score (nSPS) is 17.6. The number of ether oxygens (including phenoxy) is 1. The maximum Gasteiger partial charge on any atom is 0.228 e. The molecule has 0 aliphatic carbocycles. The Hall–Kier alpha value is -2.21. The molecule has 0 saturated carbocycles. The molecule has 6 heteroatoms. The molecular formula is C17H22N4O2. The molecule has 0 N–H and O–H groups in total. The van der Waals surface area contributed by atoms with Gasteiger partial charge in [0, 0.05) is 43.7 Å². The van der Waals surface area contributed by atoms with E-state index in [0.29, 0.717) is 32.7 Å². The minimum absolute atomic E-state index is 0.0971. The van der Waals surface area contributed by atoms with E-state index in [1.165, 1.54) is 0 Å². The van der Waals surface area contributed by atoms with Crippen LogP contribution < -0.4 is 0 Å². The van der Waals surface area contributed by atoms with Crippen molar-refractivity contribution in [1.29, 1.82) is 0 Å². The van der Waals surface area contributed by atoms with Gasteiger partial charge in [0.25, 0.3) is 0 Å². The van der Waals surface area contributed by atoms with Gasteiger partial charge in [-0.3, -0.25) is 14.5 Å². The Morgan fingerprint density at radius 1 is 1.30 bits per heavy atom. The minimum atomic E-state index is 0.0971. The van der Waals surface area contributed by atoms with Crippen LogP contribution in [0.1, 0.15) is 18.3 Å². The molecule has 122 valence electrons. The molecule has 6 nitrogen and oxygen atoms in total.